The van der Waals surface area contributed by atoms with Gasteiger partial charge in [-0.3, -0.25) is 13.9 Å². The third-order valence-electron chi connectivity index (χ3n) is 5.23. The minimum atomic E-state index is -3.76. The molecule has 0 aliphatic rings. The molecule has 0 aliphatic carbocycles. The largest absolute Gasteiger partial charge is 0.354 e. The number of amides is 2. The van der Waals surface area contributed by atoms with Crippen molar-refractivity contribution in [2.24, 2.45) is 5.92 Å². The van der Waals surface area contributed by atoms with E-state index in [9.17, 15) is 18.0 Å². The van der Waals surface area contributed by atoms with Gasteiger partial charge < -0.3 is 10.2 Å². The average molecular weight is 617 g/mol. The van der Waals surface area contributed by atoms with Gasteiger partial charge in [0.15, 0.2) is 0 Å². The first kappa shape index (κ1) is 28.3. The van der Waals surface area contributed by atoms with Gasteiger partial charge >= 0.3 is 0 Å². The zero-order valence-electron chi connectivity index (χ0n) is 20.0. The van der Waals surface area contributed by atoms with E-state index in [2.05, 4.69) is 37.2 Å². The molecule has 0 fully saturated rings. The molecule has 0 spiro atoms. The van der Waals surface area contributed by atoms with Gasteiger partial charge in [0.05, 0.1) is 11.9 Å². The van der Waals surface area contributed by atoms with E-state index in [-0.39, 0.29) is 18.4 Å². The maximum Gasteiger partial charge on any atom is 0.244 e. The molecule has 2 rings (SSSR count). The Morgan fingerprint density at radius 3 is 2.18 bits per heavy atom. The van der Waals surface area contributed by atoms with Gasteiger partial charge in [0.25, 0.3) is 0 Å². The molecule has 7 nitrogen and oxygen atoms in total. The molecule has 10 heteroatoms. The highest BCUT2D eigenvalue weighted by Crippen LogP contribution is 2.25. The highest BCUT2D eigenvalue weighted by Gasteiger charge is 2.30. The van der Waals surface area contributed by atoms with Crippen LogP contribution in [0.15, 0.2) is 51.4 Å². The van der Waals surface area contributed by atoms with Crippen LogP contribution in [0.2, 0.25) is 0 Å². The Labute approximate surface area is 219 Å². The number of hydrogen-bond donors (Lipinski definition) is 1. The van der Waals surface area contributed by atoms with E-state index < -0.39 is 28.5 Å². The van der Waals surface area contributed by atoms with Gasteiger partial charge in [-0.25, -0.2) is 8.42 Å². The van der Waals surface area contributed by atoms with E-state index in [0.29, 0.717) is 12.2 Å². The van der Waals surface area contributed by atoms with E-state index in [4.69, 9.17) is 0 Å². The van der Waals surface area contributed by atoms with Crippen LogP contribution in [-0.2, 0) is 26.2 Å². The molecule has 0 radical (unpaired) electrons. The summed E-state index contributed by atoms with van der Waals surface area (Å²) in [7, 11) is -3.76. The SMILES string of the molecule is Cc1cc(N(CC(=O)N(Cc2ccc(Br)cc2)[C@H](C)C(=O)NCC(C)C)S(C)(=O)=O)ccc1Br. The normalized spacial score (nSPS) is 12.4. The molecule has 2 amide bonds. The summed E-state index contributed by atoms with van der Waals surface area (Å²) in [5.41, 5.74) is 2.05. The van der Waals surface area contributed by atoms with E-state index in [1.165, 1.54) is 4.90 Å². The van der Waals surface area contributed by atoms with Crippen LogP contribution in [0.25, 0.3) is 0 Å². The first-order chi connectivity index (χ1) is 15.8. The minimum Gasteiger partial charge on any atom is -0.354 e. The van der Waals surface area contributed by atoms with Crippen molar-refractivity contribution in [2.45, 2.75) is 40.3 Å². The van der Waals surface area contributed by atoms with Gasteiger partial charge in [0, 0.05) is 22.0 Å². The van der Waals surface area contributed by atoms with E-state index in [0.717, 1.165) is 30.6 Å². The van der Waals surface area contributed by atoms with Crippen molar-refractivity contribution < 1.29 is 18.0 Å². The van der Waals surface area contributed by atoms with E-state index in [1.54, 1.807) is 25.1 Å². The molecule has 186 valence electrons. The minimum absolute atomic E-state index is 0.166. The standard InChI is InChI=1S/C24H31Br2N3O4S/c1-16(2)13-27-24(31)18(4)28(14-19-6-8-20(25)9-7-19)23(30)15-29(34(5,32)33)21-10-11-22(26)17(3)12-21/h6-12,16,18H,13-15H2,1-5H3,(H,27,31)/t18-/m1/s1. The molecule has 0 saturated heterocycles. The number of sulfonamides is 1. The second kappa shape index (κ2) is 12.2. The van der Waals surface area contributed by atoms with E-state index >= 15 is 0 Å². The second-order valence-corrected chi connectivity index (χ2v) is 12.3. The lowest BCUT2D eigenvalue weighted by atomic mass is 10.1. The predicted octanol–water partition coefficient (Wildman–Crippen LogP) is 4.48. The molecule has 0 aromatic heterocycles. The Morgan fingerprint density at radius 1 is 1.03 bits per heavy atom. The van der Waals surface area contributed by atoms with Gasteiger partial charge in [-0.1, -0.05) is 57.8 Å². The lowest BCUT2D eigenvalue weighted by molar-refractivity contribution is -0.139. The summed E-state index contributed by atoms with van der Waals surface area (Å²) in [5, 5.41) is 2.86. The molecule has 1 atom stereocenters. The number of aryl methyl sites for hydroxylation is 1. The molecule has 0 saturated carbocycles. The summed E-state index contributed by atoms with van der Waals surface area (Å²) in [4.78, 5) is 27.7. The van der Waals surface area contributed by atoms with Crippen molar-refractivity contribution in [3.8, 4) is 0 Å². The fourth-order valence-electron chi connectivity index (χ4n) is 3.22. The Hall–Kier alpha value is -1.91. The van der Waals surface area contributed by atoms with Crippen molar-refractivity contribution >= 4 is 59.4 Å². The number of benzene rings is 2. The van der Waals surface area contributed by atoms with Crippen molar-refractivity contribution in [1.29, 1.82) is 0 Å². The molecule has 0 heterocycles. The van der Waals surface area contributed by atoms with E-state index in [1.807, 2.05) is 45.0 Å². The van der Waals surface area contributed by atoms with Crippen molar-refractivity contribution in [3.05, 3.63) is 62.5 Å². The Kier molecular flexibility index (Phi) is 10.1. The third kappa shape index (κ3) is 8.09. The van der Waals surface area contributed by atoms with Gasteiger partial charge in [0.2, 0.25) is 21.8 Å². The van der Waals surface area contributed by atoms with Gasteiger partial charge in [0.1, 0.15) is 12.6 Å². The smallest absolute Gasteiger partial charge is 0.244 e. The first-order valence-corrected chi connectivity index (χ1v) is 14.3. The van der Waals surface area contributed by atoms with Crippen LogP contribution in [0.3, 0.4) is 0 Å². The molecule has 34 heavy (non-hydrogen) atoms. The maximum absolute atomic E-state index is 13.5. The summed E-state index contributed by atoms with van der Waals surface area (Å²) >= 11 is 6.81. The number of halogens is 2. The lowest BCUT2D eigenvalue weighted by Gasteiger charge is -2.31. The van der Waals surface area contributed by atoms with Gasteiger partial charge in [-0.2, -0.15) is 0 Å². The summed E-state index contributed by atoms with van der Waals surface area (Å²) in [6.07, 6.45) is 1.06. The van der Waals surface area contributed by atoms with Crippen LogP contribution in [0.4, 0.5) is 5.69 Å². The highest BCUT2D eigenvalue weighted by atomic mass is 79.9. The van der Waals surface area contributed by atoms with Gasteiger partial charge in [-0.15, -0.1) is 0 Å². The van der Waals surface area contributed by atoms with Gasteiger partial charge in [-0.05, 0) is 61.2 Å². The number of carbonyl (C=O) groups is 2. The topological polar surface area (TPSA) is 86.8 Å². The summed E-state index contributed by atoms with van der Waals surface area (Å²) in [5.74, 6) is -0.501. The quantitative estimate of drug-likeness (QED) is 0.427. The van der Waals surface area contributed by atoms with Crippen LogP contribution < -0.4 is 9.62 Å². The maximum atomic E-state index is 13.5. The summed E-state index contributed by atoms with van der Waals surface area (Å²) in [6.45, 7) is 7.70. The zero-order chi connectivity index (χ0) is 25.6. The Balaban J connectivity index is 2.37. The summed E-state index contributed by atoms with van der Waals surface area (Å²) < 4.78 is 28.0. The fraction of sp³-hybridized carbons (Fsp3) is 0.417. The number of nitrogens with zero attached hydrogens (tertiary/aromatic N) is 2. The molecule has 2 aromatic rings. The van der Waals surface area contributed by atoms with Crippen LogP contribution >= 0.6 is 31.9 Å². The number of hydrogen-bond acceptors (Lipinski definition) is 4. The molecule has 1 N–H and O–H groups in total. The predicted molar refractivity (Wildman–Crippen MR) is 143 cm³/mol. The van der Waals surface area contributed by atoms with Crippen molar-refractivity contribution in [2.75, 3.05) is 23.7 Å². The number of nitrogens with one attached hydrogen (secondary N) is 1. The molecule has 0 aliphatic heterocycles. The number of anilines is 1. The summed E-state index contributed by atoms with van der Waals surface area (Å²) in [6, 6.07) is 11.7. The zero-order valence-corrected chi connectivity index (χ0v) is 24.0. The van der Waals surface area contributed by atoms with Crippen LogP contribution in [0.1, 0.15) is 31.9 Å². The Bertz CT molecular complexity index is 1120. The fourth-order valence-corrected chi connectivity index (χ4v) is 4.57. The van der Waals surface area contributed by atoms with Crippen LogP contribution in [0, 0.1) is 12.8 Å². The molecule has 0 bridgehead atoms. The number of rotatable bonds is 10. The molecule has 2 aromatic carbocycles. The van der Waals surface area contributed by atoms with Crippen molar-refractivity contribution in [3.63, 3.8) is 0 Å². The first-order valence-electron chi connectivity index (χ1n) is 10.8. The Morgan fingerprint density at radius 2 is 1.65 bits per heavy atom. The van der Waals surface area contributed by atoms with Crippen LogP contribution in [0.5, 0.6) is 0 Å². The average Bonchev–Trinajstić information content (AvgIpc) is 2.76. The number of carbonyl (C=O) groups excluding carboxylic acids is 2. The lowest BCUT2D eigenvalue weighted by Crippen LogP contribution is -2.51. The third-order valence-corrected chi connectivity index (χ3v) is 7.79. The monoisotopic (exact) mass is 615 g/mol. The molecule has 0 unspecified atom stereocenters. The highest BCUT2D eigenvalue weighted by molar-refractivity contribution is 9.10. The van der Waals surface area contributed by atoms with Crippen LogP contribution in [-0.4, -0.2) is 50.5 Å². The molecular formula is C24H31Br2N3O4S. The van der Waals surface area contributed by atoms with Crippen molar-refractivity contribution in [1.82, 2.24) is 10.2 Å². The molecular weight excluding hydrogens is 586 g/mol. The second-order valence-electron chi connectivity index (χ2n) is 8.67.